The summed E-state index contributed by atoms with van der Waals surface area (Å²) in [5.74, 6) is 1.11. The van der Waals surface area contributed by atoms with E-state index in [1.165, 1.54) is 0 Å². The molecule has 0 saturated carbocycles. The molecule has 0 fully saturated rings. The summed E-state index contributed by atoms with van der Waals surface area (Å²) in [7, 11) is 1.74. The maximum atomic E-state index is 5.55. The summed E-state index contributed by atoms with van der Waals surface area (Å²) in [6.45, 7) is 4.83. The zero-order valence-electron chi connectivity index (χ0n) is 9.21. The van der Waals surface area contributed by atoms with Crippen LogP contribution in [0.15, 0.2) is 11.8 Å². The number of rotatable bonds is 7. The minimum atomic E-state index is 0.345. The molecule has 0 bridgehead atoms. The van der Waals surface area contributed by atoms with E-state index >= 15 is 0 Å². The number of nitrogens with one attached hydrogen (secondary N) is 1. The lowest BCUT2D eigenvalue weighted by atomic mass is 10.1. The van der Waals surface area contributed by atoms with Crippen LogP contribution >= 0.6 is 0 Å². The average molecular weight is 199 g/mol. The highest BCUT2D eigenvalue weighted by atomic mass is 16.5. The van der Waals surface area contributed by atoms with Crippen LogP contribution in [-0.4, -0.2) is 32.9 Å². The van der Waals surface area contributed by atoms with Gasteiger partial charge in [-0.05, 0) is 25.5 Å². The lowest BCUT2D eigenvalue weighted by molar-refractivity contribution is 0.163. The van der Waals surface area contributed by atoms with Crippen molar-refractivity contribution >= 4 is 0 Å². The minimum Gasteiger partial charge on any atom is -0.496 e. The van der Waals surface area contributed by atoms with Gasteiger partial charge in [0.1, 0.15) is 5.76 Å². The first-order chi connectivity index (χ1) is 6.88. The van der Waals surface area contributed by atoms with Crippen molar-refractivity contribution in [2.75, 3.05) is 26.9 Å². The van der Waals surface area contributed by atoms with Gasteiger partial charge in [0.15, 0.2) is 0 Å². The van der Waals surface area contributed by atoms with E-state index < -0.39 is 0 Å². The zero-order chi connectivity index (χ0) is 10.2. The number of hydrogen-bond donors (Lipinski definition) is 1. The van der Waals surface area contributed by atoms with Crippen LogP contribution in [0.4, 0.5) is 0 Å². The molecule has 3 heteroatoms. The summed E-state index contributed by atoms with van der Waals surface area (Å²) in [4.78, 5) is 0. The predicted molar refractivity (Wildman–Crippen MR) is 57.2 cm³/mol. The normalized spacial score (nSPS) is 17.7. The standard InChI is InChI=1S/C11H21NO2/c1-3-7-12-10(6-9-13-2)11-5-4-8-14-11/h5,10,12H,3-4,6-9H2,1-2H3. The van der Waals surface area contributed by atoms with Gasteiger partial charge in [-0.2, -0.15) is 0 Å². The highest BCUT2D eigenvalue weighted by Crippen LogP contribution is 2.15. The lowest BCUT2D eigenvalue weighted by Gasteiger charge is -2.19. The Morgan fingerprint density at radius 3 is 3.07 bits per heavy atom. The van der Waals surface area contributed by atoms with Crippen LogP contribution in [0.5, 0.6) is 0 Å². The van der Waals surface area contributed by atoms with Gasteiger partial charge >= 0.3 is 0 Å². The van der Waals surface area contributed by atoms with E-state index in [-0.39, 0.29) is 0 Å². The summed E-state index contributed by atoms with van der Waals surface area (Å²) < 4.78 is 10.6. The fraction of sp³-hybridized carbons (Fsp3) is 0.818. The smallest absolute Gasteiger partial charge is 0.109 e. The molecule has 1 unspecified atom stereocenters. The van der Waals surface area contributed by atoms with Gasteiger partial charge in [0.25, 0.3) is 0 Å². The van der Waals surface area contributed by atoms with E-state index in [0.717, 1.165) is 44.8 Å². The second-order valence-electron chi connectivity index (χ2n) is 3.53. The molecule has 1 aliphatic rings. The third-order valence-electron chi connectivity index (χ3n) is 2.33. The van der Waals surface area contributed by atoms with Crippen molar-refractivity contribution < 1.29 is 9.47 Å². The van der Waals surface area contributed by atoms with Gasteiger partial charge in [0, 0.05) is 20.1 Å². The topological polar surface area (TPSA) is 30.5 Å². The van der Waals surface area contributed by atoms with Crippen molar-refractivity contribution in [1.29, 1.82) is 0 Å². The molecule has 3 nitrogen and oxygen atoms in total. The summed E-state index contributed by atoms with van der Waals surface area (Å²) >= 11 is 0. The largest absolute Gasteiger partial charge is 0.496 e. The van der Waals surface area contributed by atoms with E-state index in [2.05, 4.69) is 18.3 Å². The number of methoxy groups -OCH3 is 1. The van der Waals surface area contributed by atoms with Crippen molar-refractivity contribution in [2.45, 2.75) is 32.2 Å². The predicted octanol–water partition coefficient (Wildman–Crippen LogP) is 1.70. The van der Waals surface area contributed by atoms with Crippen molar-refractivity contribution in [1.82, 2.24) is 5.32 Å². The van der Waals surface area contributed by atoms with Gasteiger partial charge in [-0.15, -0.1) is 0 Å². The van der Waals surface area contributed by atoms with Gasteiger partial charge in [-0.25, -0.2) is 0 Å². The number of ether oxygens (including phenoxy) is 2. The molecule has 1 rings (SSSR count). The molecule has 0 spiro atoms. The third-order valence-corrected chi connectivity index (χ3v) is 2.33. The summed E-state index contributed by atoms with van der Waals surface area (Å²) in [5, 5.41) is 3.47. The highest BCUT2D eigenvalue weighted by Gasteiger charge is 2.17. The van der Waals surface area contributed by atoms with E-state index in [0.29, 0.717) is 6.04 Å². The molecule has 0 amide bonds. The Bertz CT molecular complexity index is 172. The zero-order valence-corrected chi connectivity index (χ0v) is 9.21. The van der Waals surface area contributed by atoms with E-state index in [1.807, 2.05) is 0 Å². The summed E-state index contributed by atoms with van der Waals surface area (Å²) in [6, 6.07) is 0.345. The van der Waals surface area contributed by atoms with E-state index in [4.69, 9.17) is 9.47 Å². The molecular weight excluding hydrogens is 178 g/mol. The SMILES string of the molecule is CCCNC(CCOC)C1=CCCO1. The Balaban J connectivity index is 2.34. The van der Waals surface area contributed by atoms with Crippen LogP contribution in [0.3, 0.4) is 0 Å². The lowest BCUT2D eigenvalue weighted by Crippen LogP contribution is -2.33. The second kappa shape index (κ2) is 6.85. The first-order valence-corrected chi connectivity index (χ1v) is 5.43. The van der Waals surface area contributed by atoms with Crippen molar-refractivity contribution in [3.63, 3.8) is 0 Å². The van der Waals surface area contributed by atoms with Crippen LogP contribution in [0, 0.1) is 0 Å². The molecule has 1 heterocycles. The number of hydrogen-bond acceptors (Lipinski definition) is 3. The van der Waals surface area contributed by atoms with Crippen LogP contribution < -0.4 is 5.32 Å². The molecule has 1 N–H and O–H groups in total. The highest BCUT2D eigenvalue weighted by molar-refractivity contribution is 5.06. The molecular formula is C11H21NO2. The molecule has 0 aromatic rings. The minimum absolute atomic E-state index is 0.345. The average Bonchev–Trinajstić information content (AvgIpc) is 2.71. The molecule has 0 aromatic heterocycles. The quantitative estimate of drug-likeness (QED) is 0.677. The van der Waals surface area contributed by atoms with Crippen molar-refractivity contribution in [3.8, 4) is 0 Å². The van der Waals surface area contributed by atoms with Crippen LogP contribution in [-0.2, 0) is 9.47 Å². The molecule has 82 valence electrons. The van der Waals surface area contributed by atoms with Gasteiger partial charge < -0.3 is 14.8 Å². The Morgan fingerprint density at radius 2 is 2.50 bits per heavy atom. The fourth-order valence-corrected chi connectivity index (χ4v) is 1.58. The molecule has 14 heavy (non-hydrogen) atoms. The van der Waals surface area contributed by atoms with Gasteiger partial charge in [0.2, 0.25) is 0 Å². The molecule has 0 aliphatic carbocycles. The van der Waals surface area contributed by atoms with Gasteiger partial charge in [0.05, 0.1) is 12.6 Å². The maximum absolute atomic E-state index is 5.55. The molecule has 0 aromatic carbocycles. The fourth-order valence-electron chi connectivity index (χ4n) is 1.58. The van der Waals surface area contributed by atoms with Crippen LogP contribution in [0.1, 0.15) is 26.2 Å². The third kappa shape index (κ3) is 3.68. The van der Waals surface area contributed by atoms with Gasteiger partial charge in [-0.1, -0.05) is 6.92 Å². The molecule has 1 atom stereocenters. The summed E-state index contributed by atoms with van der Waals surface area (Å²) in [5.41, 5.74) is 0. The Labute approximate surface area is 86.5 Å². The van der Waals surface area contributed by atoms with Gasteiger partial charge in [-0.3, -0.25) is 0 Å². The van der Waals surface area contributed by atoms with Crippen LogP contribution in [0.25, 0.3) is 0 Å². The Morgan fingerprint density at radius 1 is 1.64 bits per heavy atom. The Hall–Kier alpha value is -0.540. The first kappa shape index (κ1) is 11.5. The van der Waals surface area contributed by atoms with Crippen molar-refractivity contribution in [3.05, 3.63) is 11.8 Å². The Kier molecular flexibility index (Phi) is 5.64. The molecule has 0 saturated heterocycles. The molecule has 1 aliphatic heterocycles. The molecule has 0 radical (unpaired) electrons. The second-order valence-corrected chi connectivity index (χ2v) is 3.53. The van der Waals surface area contributed by atoms with E-state index in [9.17, 15) is 0 Å². The summed E-state index contributed by atoms with van der Waals surface area (Å²) in [6.07, 6.45) is 5.37. The monoisotopic (exact) mass is 199 g/mol. The van der Waals surface area contributed by atoms with E-state index in [1.54, 1.807) is 7.11 Å². The maximum Gasteiger partial charge on any atom is 0.109 e. The van der Waals surface area contributed by atoms with Crippen LogP contribution in [0.2, 0.25) is 0 Å². The van der Waals surface area contributed by atoms with Crippen molar-refractivity contribution in [2.24, 2.45) is 0 Å². The first-order valence-electron chi connectivity index (χ1n) is 5.43.